The van der Waals surface area contributed by atoms with E-state index >= 15 is 0 Å². The molecular weight excluding hydrogens is 578 g/mol. The van der Waals surface area contributed by atoms with Crippen LogP contribution in [-0.4, -0.2) is 73.0 Å². The third kappa shape index (κ3) is 4.53. The van der Waals surface area contributed by atoms with Gasteiger partial charge in [-0.2, -0.15) is 0 Å². The van der Waals surface area contributed by atoms with Crippen LogP contribution in [0.3, 0.4) is 0 Å². The molecule has 10 nitrogen and oxygen atoms in total. The van der Waals surface area contributed by atoms with E-state index in [1.807, 2.05) is 44.2 Å². The van der Waals surface area contributed by atoms with Crippen molar-refractivity contribution < 1.29 is 43.5 Å². The Morgan fingerprint density at radius 3 is 2.51 bits per heavy atom. The molecule has 10 heteroatoms. The molecule has 1 aromatic rings. The third-order valence-electron chi connectivity index (χ3n) is 12.2. The number of carbonyl (C=O) groups excluding carboxylic acids is 2. The van der Waals surface area contributed by atoms with Crippen LogP contribution in [0.4, 0.5) is 4.79 Å². The van der Waals surface area contributed by atoms with Gasteiger partial charge in [0.15, 0.2) is 12.4 Å². The minimum absolute atomic E-state index is 0.00728. The first-order chi connectivity index (χ1) is 21.5. The zero-order valence-electron chi connectivity index (χ0n) is 26.8. The summed E-state index contributed by atoms with van der Waals surface area (Å²) in [6.07, 6.45) is 0.222. The number of carboxylic acid groups (broad SMARTS) is 1. The largest absolute Gasteiger partial charge is 0.481 e. The minimum Gasteiger partial charge on any atom is -0.481 e. The maximum absolute atomic E-state index is 13.7. The van der Waals surface area contributed by atoms with E-state index in [0.29, 0.717) is 18.8 Å². The number of fused-ring (bicyclic) bond motifs is 2. The number of aldehydes is 1. The maximum atomic E-state index is 13.7. The number of benzene rings is 1. The number of alkyl carbamates (subject to hydrolysis) is 1. The van der Waals surface area contributed by atoms with E-state index in [0.717, 1.165) is 30.3 Å². The molecule has 12 atom stereocenters. The highest BCUT2D eigenvalue weighted by atomic mass is 16.7. The van der Waals surface area contributed by atoms with Crippen LogP contribution < -0.4 is 5.32 Å². The molecule has 0 aromatic heterocycles. The third-order valence-corrected chi connectivity index (χ3v) is 12.2. The van der Waals surface area contributed by atoms with Crippen molar-refractivity contribution in [2.75, 3.05) is 13.7 Å². The molecule has 4 fully saturated rings. The molecule has 0 spiro atoms. The van der Waals surface area contributed by atoms with Gasteiger partial charge >= 0.3 is 12.1 Å². The number of hydrogen-bond acceptors (Lipinski definition) is 8. The van der Waals surface area contributed by atoms with Gasteiger partial charge in [-0.1, -0.05) is 69.2 Å². The van der Waals surface area contributed by atoms with Crippen LogP contribution in [0.2, 0.25) is 0 Å². The van der Waals surface area contributed by atoms with Crippen molar-refractivity contribution in [3.8, 4) is 0 Å². The number of aliphatic carboxylic acids is 1. The van der Waals surface area contributed by atoms with Crippen LogP contribution in [0.1, 0.15) is 58.9 Å². The molecule has 45 heavy (non-hydrogen) atoms. The Morgan fingerprint density at radius 2 is 1.87 bits per heavy atom. The highest BCUT2D eigenvalue weighted by molar-refractivity contribution is 5.90. The van der Waals surface area contributed by atoms with Crippen LogP contribution >= 0.6 is 0 Å². The van der Waals surface area contributed by atoms with Crippen molar-refractivity contribution in [1.82, 2.24) is 5.32 Å². The molecular formula is C35H47NO9. The predicted molar refractivity (Wildman–Crippen MR) is 163 cm³/mol. The number of aliphatic hydroxyl groups excluding tert-OH is 1. The van der Waals surface area contributed by atoms with Crippen molar-refractivity contribution in [3.05, 3.63) is 47.5 Å². The lowest BCUT2D eigenvalue weighted by molar-refractivity contribution is -0.306. The van der Waals surface area contributed by atoms with Gasteiger partial charge in [0.05, 0.1) is 18.1 Å². The number of carbonyl (C=O) groups is 3. The molecule has 3 N–H and O–H groups in total. The number of rotatable bonds is 10. The summed E-state index contributed by atoms with van der Waals surface area (Å²) in [4.78, 5) is 39.9. The lowest BCUT2D eigenvalue weighted by Crippen LogP contribution is -2.64. The molecule has 1 amide bonds. The summed E-state index contributed by atoms with van der Waals surface area (Å²) in [5.41, 5.74) is -1.59. The van der Waals surface area contributed by atoms with Crippen molar-refractivity contribution in [2.45, 2.75) is 90.6 Å². The fourth-order valence-electron chi connectivity index (χ4n) is 10.4. The maximum Gasteiger partial charge on any atom is 0.407 e. The summed E-state index contributed by atoms with van der Waals surface area (Å²) >= 11 is 0. The van der Waals surface area contributed by atoms with E-state index in [1.54, 1.807) is 6.92 Å². The van der Waals surface area contributed by atoms with Gasteiger partial charge in [-0.15, -0.1) is 0 Å². The number of allylic oxidation sites excluding steroid dienone is 1. The molecule has 6 rings (SSSR count). The normalized spacial score (nSPS) is 43.1. The second kappa shape index (κ2) is 11.8. The van der Waals surface area contributed by atoms with Crippen molar-refractivity contribution in [2.24, 2.45) is 45.8 Å². The zero-order chi connectivity index (χ0) is 32.3. The van der Waals surface area contributed by atoms with Crippen LogP contribution in [-0.2, 0) is 35.1 Å². The number of aliphatic hydroxyl groups is 1. The number of nitrogens with one attached hydrogen (secondary N) is 1. The summed E-state index contributed by atoms with van der Waals surface area (Å²) in [5.74, 6) is -0.611. The van der Waals surface area contributed by atoms with E-state index in [9.17, 15) is 24.6 Å². The smallest absolute Gasteiger partial charge is 0.407 e. The fourth-order valence-corrected chi connectivity index (χ4v) is 10.4. The van der Waals surface area contributed by atoms with Crippen molar-refractivity contribution >= 4 is 18.3 Å². The SMILES string of the molecule is CO[C@H]1[C@@H](OC(=O)NCc2ccccc2)[C@H](O)[C@H](OCC23CC4C(C)CCC4C4(C=O)CC2C=C(C(C)C)C43C(=O)O)O[C@@H]1C. The Bertz CT molecular complexity index is 1330. The minimum atomic E-state index is -1.40. The second-order valence-corrected chi connectivity index (χ2v) is 14.4. The molecule has 1 aliphatic heterocycles. The quantitative estimate of drug-likeness (QED) is 0.256. The Labute approximate surface area is 264 Å². The first-order valence-electron chi connectivity index (χ1n) is 16.4. The molecule has 4 aliphatic carbocycles. The van der Waals surface area contributed by atoms with E-state index in [1.165, 1.54) is 7.11 Å². The fraction of sp³-hybridized carbons (Fsp3) is 0.686. The molecule has 1 heterocycles. The highest BCUT2D eigenvalue weighted by Crippen LogP contribution is 2.82. The first-order valence-corrected chi connectivity index (χ1v) is 16.4. The molecule has 4 bridgehead atoms. The van der Waals surface area contributed by atoms with Gasteiger partial charge in [0.25, 0.3) is 0 Å². The molecule has 1 aromatic carbocycles. The number of hydrogen-bond donors (Lipinski definition) is 3. The van der Waals surface area contributed by atoms with Crippen molar-refractivity contribution in [1.29, 1.82) is 0 Å². The van der Waals surface area contributed by atoms with Gasteiger partial charge in [-0.05, 0) is 61.3 Å². The van der Waals surface area contributed by atoms with Crippen LogP contribution in [0.15, 0.2) is 42.0 Å². The summed E-state index contributed by atoms with van der Waals surface area (Å²) in [6.45, 7) is 8.20. The van der Waals surface area contributed by atoms with Gasteiger partial charge in [-0.25, -0.2) is 4.79 Å². The van der Waals surface area contributed by atoms with Gasteiger partial charge in [-0.3, -0.25) is 4.79 Å². The van der Waals surface area contributed by atoms with E-state index in [-0.39, 0.29) is 36.8 Å². The Balaban J connectivity index is 1.27. The van der Waals surface area contributed by atoms with Gasteiger partial charge < -0.3 is 39.3 Å². The highest BCUT2D eigenvalue weighted by Gasteiger charge is 2.84. The van der Waals surface area contributed by atoms with Crippen molar-refractivity contribution in [3.63, 3.8) is 0 Å². The molecule has 3 saturated carbocycles. The lowest BCUT2D eigenvalue weighted by Gasteiger charge is -2.58. The van der Waals surface area contributed by atoms with Gasteiger partial charge in [0.2, 0.25) is 0 Å². The summed E-state index contributed by atoms with van der Waals surface area (Å²) in [5, 5.41) is 25.4. The van der Waals surface area contributed by atoms with Gasteiger partial charge in [0.1, 0.15) is 23.9 Å². The topological polar surface area (TPSA) is 141 Å². The van der Waals surface area contributed by atoms with Crippen LogP contribution in [0, 0.1) is 45.8 Å². The predicted octanol–water partition coefficient (Wildman–Crippen LogP) is 4.34. The average molecular weight is 626 g/mol. The molecule has 0 radical (unpaired) electrons. The Hall–Kier alpha value is -2.79. The van der Waals surface area contributed by atoms with E-state index in [4.69, 9.17) is 18.9 Å². The molecule has 5 aliphatic rings. The van der Waals surface area contributed by atoms with Crippen LogP contribution in [0.25, 0.3) is 0 Å². The summed E-state index contributed by atoms with van der Waals surface area (Å²) in [6, 6.07) is 9.39. The van der Waals surface area contributed by atoms with Gasteiger partial charge in [0, 0.05) is 19.1 Å². The Morgan fingerprint density at radius 1 is 1.13 bits per heavy atom. The number of carboxylic acids is 1. The van der Waals surface area contributed by atoms with E-state index < -0.39 is 59.0 Å². The average Bonchev–Trinajstić information content (AvgIpc) is 3.59. The number of ether oxygens (including phenoxy) is 4. The zero-order valence-corrected chi connectivity index (χ0v) is 26.8. The Kier molecular flexibility index (Phi) is 8.42. The number of methoxy groups -OCH3 is 1. The first kappa shape index (κ1) is 32.2. The second-order valence-electron chi connectivity index (χ2n) is 14.4. The summed E-state index contributed by atoms with van der Waals surface area (Å²) in [7, 11) is 1.46. The standard InChI is InChI=1S/C35H47NO9/c1-19(2)26-13-23-14-33(17-37)25-12-11-20(3)24(25)15-34(23,35(26,33)31(39)40)18-43-30-27(38)29(28(42-5)21(4)44-30)45-32(41)36-16-22-9-7-6-8-10-22/h6-10,13,17,19-21,23-25,27-30,38H,11-12,14-16,18H2,1-5H3,(H,36,41)(H,39,40)/t20?,21-,23?,24?,25?,27+,28-,29+,30-,33?,34?,35?/m1/s1. The van der Waals surface area contributed by atoms with E-state index in [2.05, 4.69) is 18.3 Å². The number of amides is 1. The van der Waals surface area contributed by atoms with Crippen LogP contribution in [0.5, 0.6) is 0 Å². The molecule has 246 valence electrons. The molecule has 7 unspecified atom stereocenters. The monoisotopic (exact) mass is 625 g/mol. The lowest BCUT2D eigenvalue weighted by atomic mass is 9.43. The summed E-state index contributed by atoms with van der Waals surface area (Å²) < 4.78 is 23.9. The molecule has 1 saturated heterocycles.